The molecule has 0 bridgehead atoms. The van der Waals surface area contributed by atoms with Gasteiger partial charge < -0.3 is 9.84 Å². The Morgan fingerprint density at radius 2 is 0.857 bits per heavy atom. The van der Waals surface area contributed by atoms with Gasteiger partial charge in [-0.1, -0.05) is 167 Å². The van der Waals surface area contributed by atoms with Crippen molar-refractivity contribution < 1.29 is 9.84 Å². The van der Waals surface area contributed by atoms with Crippen molar-refractivity contribution in [3.8, 4) is 0 Å². The van der Waals surface area contributed by atoms with E-state index in [0.29, 0.717) is 0 Å². The maximum Gasteiger partial charge on any atom is 0.196 e. The lowest BCUT2D eigenvalue weighted by molar-refractivity contribution is -0.0573. The van der Waals surface area contributed by atoms with Gasteiger partial charge in [0.1, 0.15) is 0 Å². The Balaban J connectivity index is 3.28. The molecule has 0 aliphatic heterocycles. The first kappa shape index (κ1) is 34.2. The van der Waals surface area contributed by atoms with E-state index in [-0.39, 0.29) is 0 Å². The van der Waals surface area contributed by atoms with Crippen LogP contribution >= 0.6 is 0 Å². The highest BCUT2D eigenvalue weighted by Crippen LogP contribution is 2.14. The van der Waals surface area contributed by atoms with Crippen LogP contribution in [0.15, 0.2) is 24.5 Å². The van der Waals surface area contributed by atoms with E-state index < -0.39 is 6.29 Å². The summed E-state index contributed by atoms with van der Waals surface area (Å²) in [4.78, 5) is 0. The number of unbranched alkanes of at least 4 members (excludes halogenated alkanes) is 23. The Labute approximate surface area is 221 Å². The van der Waals surface area contributed by atoms with Gasteiger partial charge >= 0.3 is 0 Å². The van der Waals surface area contributed by atoms with E-state index in [0.717, 1.165) is 19.3 Å². The predicted molar refractivity (Wildman–Crippen MR) is 157 cm³/mol. The third-order valence-corrected chi connectivity index (χ3v) is 7.09. The lowest BCUT2D eigenvalue weighted by Gasteiger charge is -2.09. The van der Waals surface area contributed by atoms with E-state index in [9.17, 15) is 5.11 Å². The fourth-order valence-electron chi connectivity index (χ4n) is 4.69. The van der Waals surface area contributed by atoms with Crippen LogP contribution in [0.5, 0.6) is 0 Å². The van der Waals surface area contributed by atoms with Crippen molar-refractivity contribution >= 4 is 0 Å². The minimum absolute atomic E-state index is 0.654. The van der Waals surface area contributed by atoms with Gasteiger partial charge in [0, 0.05) is 6.42 Å². The lowest BCUT2D eigenvalue weighted by atomic mass is 10.0. The first-order valence-corrected chi connectivity index (χ1v) is 16.0. The summed E-state index contributed by atoms with van der Waals surface area (Å²) in [6.07, 6.45) is 41.9. The summed E-state index contributed by atoms with van der Waals surface area (Å²) in [7, 11) is 0. The molecule has 0 aliphatic rings. The van der Waals surface area contributed by atoms with Crippen LogP contribution in [0.3, 0.4) is 0 Å². The van der Waals surface area contributed by atoms with Gasteiger partial charge in [-0.3, -0.25) is 0 Å². The molecule has 208 valence electrons. The summed E-state index contributed by atoms with van der Waals surface area (Å²) in [5.41, 5.74) is 0. The Morgan fingerprint density at radius 3 is 1.29 bits per heavy atom. The molecule has 0 aromatic rings. The van der Waals surface area contributed by atoms with Crippen molar-refractivity contribution in [3.05, 3.63) is 24.5 Å². The molecule has 0 saturated carbocycles. The van der Waals surface area contributed by atoms with E-state index in [1.807, 2.05) is 12.2 Å². The van der Waals surface area contributed by atoms with Gasteiger partial charge in [0.25, 0.3) is 0 Å². The second-order valence-corrected chi connectivity index (χ2v) is 10.7. The minimum Gasteiger partial charge on any atom is -0.473 e. The predicted octanol–water partition coefficient (Wildman–Crippen LogP) is 11.6. The maximum absolute atomic E-state index is 9.94. The van der Waals surface area contributed by atoms with E-state index in [1.54, 1.807) is 6.26 Å². The number of aliphatic hydroxyl groups excluding tert-OH is 1. The average molecular weight is 493 g/mol. The van der Waals surface area contributed by atoms with Crippen LogP contribution in [0.1, 0.15) is 181 Å². The van der Waals surface area contributed by atoms with Crippen molar-refractivity contribution in [2.24, 2.45) is 0 Å². The fraction of sp³-hybridized carbons (Fsp3) is 0.879. The monoisotopic (exact) mass is 492 g/mol. The molecule has 2 heteroatoms. The van der Waals surface area contributed by atoms with Crippen LogP contribution in [0.4, 0.5) is 0 Å². The molecule has 0 aromatic carbocycles. The summed E-state index contributed by atoms with van der Waals surface area (Å²) in [6, 6.07) is 0. The van der Waals surface area contributed by atoms with Gasteiger partial charge in [0.2, 0.25) is 0 Å². The second-order valence-electron chi connectivity index (χ2n) is 10.7. The highest BCUT2D eigenvalue weighted by atomic mass is 16.6. The van der Waals surface area contributed by atoms with Crippen LogP contribution in [-0.2, 0) is 4.74 Å². The van der Waals surface area contributed by atoms with Crippen LogP contribution in [0.2, 0.25) is 0 Å². The summed E-state index contributed by atoms with van der Waals surface area (Å²) < 4.78 is 5.39. The molecule has 0 rings (SSSR count). The molecule has 1 atom stereocenters. The molecular formula is C33H64O2. The molecule has 0 fully saturated rings. The third kappa shape index (κ3) is 31.2. The molecule has 35 heavy (non-hydrogen) atoms. The first-order chi connectivity index (χ1) is 17.3. The molecule has 0 heterocycles. The molecular weight excluding hydrogens is 428 g/mol. The average Bonchev–Trinajstić information content (AvgIpc) is 2.86. The van der Waals surface area contributed by atoms with Gasteiger partial charge in [0.15, 0.2) is 6.29 Å². The second kappa shape index (κ2) is 31.3. The number of allylic oxidation sites excluding steroid dienone is 3. The molecule has 0 aliphatic carbocycles. The van der Waals surface area contributed by atoms with E-state index in [1.165, 1.54) is 148 Å². The molecule has 0 radical (unpaired) electrons. The molecule has 1 N–H and O–H groups in total. The quantitative estimate of drug-likeness (QED) is 0.0487. The topological polar surface area (TPSA) is 29.5 Å². The Bertz CT molecular complexity index is 429. The van der Waals surface area contributed by atoms with E-state index >= 15 is 0 Å². The smallest absolute Gasteiger partial charge is 0.196 e. The maximum atomic E-state index is 9.94. The molecule has 1 unspecified atom stereocenters. The Kier molecular flexibility index (Phi) is 30.6. The first-order valence-electron chi connectivity index (χ1n) is 16.0. The fourth-order valence-corrected chi connectivity index (χ4v) is 4.69. The van der Waals surface area contributed by atoms with Gasteiger partial charge in [-0.05, 0) is 25.3 Å². The van der Waals surface area contributed by atoms with Crippen LogP contribution in [-0.4, -0.2) is 11.4 Å². The van der Waals surface area contributed by atoms with Gasteiger partial charge in [-0.2, -0.15) is 0 Å². The number of hydrogen-bond acceptors (Lipinski definition) is 2. The van der Waals surface area contributed by atoms with Gasteiger partial charge in [-0.25, -0.2) is 0 Å². The van der Waals surface area contributed by atoms with Gasteiger partial charge in [0.05, 0.1) is 6.26 Å². The number of hydrogen-bond donors (Lipinski definition) is 1. The highest BCUT2D eigenvalue weighted by Gasteiger charge is 2.01. The Morgan fingerprint density at radius 1 is 0.486 bits per heavy atom. The van der Waals surface area contributed by atoms with Crippen molar-refractivity contribution in [2.75, 3.05) is 0 Å². The Hall–Kier alpha value is -0.760. The van der Waals surface area contributed by atoms with Crippen LogP contribution in [0.25, 0.3) is 0 Å². The zero-order chi connectivity index (χ0) is 25.5. The number of ether oxygens (including phenoxy) is 1. The molecule has 0 aromatic heterocycles. The van der Waals surface area contributed by atoms with E-state index in [2.05, 4.69) is 19.9 Å². The van der Waals surface area contributed by atoms with Crippen LogP contribution in [0, 0.1) is 0 Å². The summed E-state index contributed by atoms with van der Waals surface area (Å²) in [5.74, 6) is 0. The summed E-state index contributed by atoms with van der Waals surface area (Å²) in [6.45, 7) is 4.57. The van der Waals surface area contributed by atoms with E-state index in [4.69, 9.17) is 4.74 Å². The standard InChI is InChI=1S/C33H64O2/c1-3-5-7-9-11-13-15-17-18-20-22-24-26-28-30-32-35-33(34)31-29-27-25-23-21-19-16-14-12-10-8-6-4-2/h26,28,30,32-34H,3-25,27,29,31H2,1-2H3. The summed E-state index contributed by atoms with van der Waals surface area (Å²) in [5, 5.41) is 9.94. The van der Waals surface area contributed by atoms with Crippen molar-refractivity contribution in [2.45, 2.75) is 187 Å². The van der Waals surface area contributed by atoms with Crippen molar-refractivity contribution in [1.82, 2.24) is 0 Å². The molecule has 0 amide bonds. The van der Waals surface area contributed by atoms with Crippen molar-refractivity contribution in [3.63, 3.8) is 0 Å². The third-order valence-electron chi connectivity index (χ3n) is 7.09. The largest absolute Gasteiger partial charge is 0.473 e. The van der Waals surface area contributed by atoms with Crippen LogP contribution < -0.4 is 0 Å². The molecule has 0 saturated heterocycles. The SMILES string of the molecule is CCCCCCCCCCCCCC=CC=COC(O)CCCCCCCCCCCCCCC. The minimum atomic E-state index is -0.654. The summed E-state index contributed by atoms with van der Waals surface area (Å²) >= 11 is 0. The molecule has 2 nitrogen and oxygen atoms in total. The normalized spacial score (nSPS) is 12.8. The number of rotatable bonds is 29. The highest BCUT2D eigenvalue weighted by molar-refractivity contribution is 4.99. The van der Waals surface area contributed by atoms with Crippen molar-refractivity contribution in [1.29, 1.82) is 0 Å². The zero-order valence-electron chi connectivity index (χ0n) is 24.1. The zero-order valence-corrected chi connectivity index (χ0v) is 24.1. The number of aliphatic hydroxyl groups is 1. The van der Waals surface area contributed by atoms with Gasteiger partial charge in [-0.15, -0.1) is 0 Å². The lowest BCUT2D eigenvalue weighted by Crippen LogP contribution is -2.07. The molecule has 0 spiro atoms.